The molecule has 1 amide bonds. The Morgan fingerprint density at radius 2 is 1.86 bits per heavy atom. The molecular formula is C28H29N5O2. The van der Waals surface area contributed by atoms with E-state index in [1.807, 2.05) is 58.2 Å². The monoisotopic (exact) mass is 467 g/mol. The molecule has 0 spiro atoms. The van der Waals surface area contributed by atoms with E-state index in [-0.39, 0.29) is 17.6 Å². The summed E-state index contributed by atoms with van der Waals surface area (Å²) in [6.07, 6.45) is 4.56. The highest BCUT2D eigenvalue weighted by molar-refractivity contribution is 6.09. The average molecular weight is 468 g/mol. The number of allylic oxidation sites excluding steroid dienone is 3. The van der Waals surface area contributed by atoms with Gasteiger partial charge in [0.05, 0.1) is 6.20 Å². The van der Waals surface area contributed by atoms with Gasteiger partial charge in [-0.25, -0.2) is 4.98 Å². The van der Waals surface area contributed by atoms with Crippen molar-refractivity contribution < 1.29 is 9.59 Å². The number of aryl methyl sites for hydroxylation is 2. The van der Waals surface area contributed by atoms with E-state index < -0.39 is 5.92 Å². The molecule has 1 aliphatic carbocycles. The van der Waals surface area contributed by atoms with E-state index in [1.54, 1.807) is 17.1 Å². The number of Topliss-reactive ketones (excluding diaryl/α,β-unsaturated/α-hetero) is 1. The fraction of sp³-hybridized carbons (Fsp3) is 0.286. The third-order valence-corrected chi connectivity index (χ3v) is 7.17. The Hall–Kier alpha value is -4.00. The molecule has 178 valence electrons. The highest BCUT2D eigenvalue weighted by atomic mass is 16.2. The molecule has 2 aliphatic rings. The molecule has 0 saturated carbocycles. The van der Waals surface area contributed by atoms with Crippen molar-refractivity contribution >= 4 is 17.5 Å². The van der Waals surface area contributed by atoms with Crippen LogP contribution in [0.4, 0.5) is 5.82 Å². The molecule has 0 bridgehead atoms. The minimum atomic E-state index is -0.492. The van der Waals surface area contributed by atoms with Crippen LogP contribution in [0.15, 0.2) is 77.4 Å². The molecule has 1 aromatic carbocycles. The topological polar surface area (TPSA) is 88.9 Å². The summed E-state index contributed by atoms with van der Waals surface area (Å²) in [6, 6.07) is 13.9. The van der Waals surface area contributed by atoms with Gasteiger partial charge in [-0.05, 0) is 50.3 Å². The Morgan fingerprint density at radius 1 is 1.09 bits per heavy atom. The van der Waals surface area contributed by atoms with Crippen LogP contribution in [0, 0.1) is 13.8 Å². The minimum Gasteiger partial charge on any atom is -0.362 e. The van der Waals surface area contributed by atoms with Crippen molar-refractivity contribution in [2.24, 2.45) is 7.05 Å². The lowest BCUT2D eigenvalue weighted by molar-refractivity contribution is -0.116. The van der Waals surface area contributed by atoms with Gasteiger partial charge in [0, 0.05) is 59.4 Å². The second-order valence-electron chi connectivity index (χ2n) is 9.36. The molecule has 1 aliphatic heterocycles. The van der Waals surface area contributed by atoms with Crippen molar-refractivity contribution in [3.05, 3.63) is 99.8 Å². The van der Waals surface area contributed by atoms with Crippen molar-refractivity contribution in [1.82, 2.24) is 20.1 Å². The molecule has 2 aromatic heterocycles. The van der Waals surface area contributed by atoms with Gasteiger partial charge in [-0.2, -0.15) is 5.10 Å². The molecule has 0 saturated heterocycles. The zero-order valence-electron chi connectivity index (χ0n) is 20.4. The van der Waals surface area contributed by atoms with Gasteiger partial charge in [-0.15, -0.1) is 0 Å². The molecule has 35 heavy (non-hydrogen) atoms. The van der Waals surface area contributed by atoms with E-state index in [1.165, 1.54) is 0 Å². The highest BCUT2D eigenvalue weighted by Gasteiger charge is 2.42. The normalized spacial score (nSPS) is 19.9. The molecule has 3 aromatic rings. The number of pyridine rings is 1. The molecule has 7 nitrogen and oxygen atoms in total. The van der Waals surface area contributed by atoms with Gasteiger partial charge in [-0.1, -0.05) is 36.4 Å². The van der Waals surface area contributed by atoms with Crippen molar-refractivity contribution in [1.29, 1.82) is 0 Å². The Morgan fingerprint density at radius 3 is 2.54 bits per heavy atom. The van der Waals surface area contributed by atoms with Crippen LogP contribution in [-0.4, -0.2) is 26.5 Å². The number of carbonyl (C=O) groups excluding carboxylic acids is 2. The summed E-state index contributed by atoms with van der Waals surface area (Å²) < 4.78 is 1.78. The molecular weight excluding hydrogens is 438 g/mol. The first kappa shape index (κ1) is 22.8. The number of amides is 1. The number of rotatable bonds is 4. The Balaban J connectivity index is 1.59. The second-order valence-corrected chi connectivity index (χ2v) is 9.36. The first-order chi connectivity index (χ1) is 16.8. The van der Waals surface area contributed by atoms with Gasteiger partial charge in [0.2, 0.25) is 0 Å². The zero-order valence-corrected chi connectivity index (χ0v) is 20.4. The van der Waals surface area contributed by atoms with E-state index in [9.17, 15) is 9.59 Å². The maximum Gasteiger partial charge on any atom is 0.255 e. The van der Waals surface area contributed by atoms with Crippen molar-refractivity contribution in [3.63, 3.8) is 0 Å². The fourth-order valence-electron chi connectivity index (χ4n) is 5.20. The average Bonchev–Trinajstić information content (AvgIpc) is 3.17. The smallest absolute Gasteiger partial charge is 0.255 e. The van der Waals surface area contributed by atoms with Crippen molar-refractivity contribution in [2.75, 3.05) is 5.32 Å². The first-order valence-electron chi connectivity index (χ1n) is 11.9. The van der Waals surface area contributed by atoms with Crippen molar-refractivity contribution in [3.8, 4) is 0 Å². The largest absolute Gasteiger partial charge is 0.362 e. The Labute approximate surface area is 205 Å². The third kappa shape index (κ3) is 4.07. The number of benzene rings is 1. The molecule has 7 heteroatoms. The van der Waals surface area contributed by atoms with Crippen LogP contribution in [0.1, 0.15) is 54.0 Å². The maximum absolute atomic E-state index is 13.7. The van der Waals surface area contributed by atoms with E-state index in [0.717, 1.165) is 33.8 Å². The van der Waals surface area contributed by atoms with Gasteiger partial charge in [0.1, 0.15) is 5.82 Å². The number of ketones is 1. The van der Waals surface area contributed by atoms with Crippen LogP contribution < -0.4 is 10.6 Å². The van der Waals surface area contributed by atoms with Crippen LogP contribution in [0.2, 0.25) is 0 Å². The Kier molecular flexibility index (Phi) is 5.84. The van der Waals surface area contributed by atoms with Crippen LogP contribution in [-0.2, 0) is 16.6 Å². The predicted molar refractivity (Wildman–Crippen MR) is 135 cm³/mol. The molecule has 2 N–H and O–H groups in total. The summed E-state index contributed by atoms with van der Waals surface area (Å²) in [5.74, 6) is -0.0845. The third-order valence-electron chi connectivity index (χ3n) is 7.17. The summed E-state index contributed by atoms with van der Waals surface area (Å²) in [5.41, 5.74) is 6.65. The second kappa shape index (κ2) is 8.98. The van der Waals surface area contributed by atoms with E-state index in [0.29, 0.717) is 29.8 Å². The predicted octanol–water partition coefficient (Wildman–Crippen LogP) is 4.43. The fourth-order valence-corrected chi connectivity index (χ4v) is 5.20. The van der Waals surface area contributed by atoms with Gasteiger partial charge in [0.25, 0.3) is 5.91 Å². The summed E-state index contributed by atoms with van der Waals surface area (Å²) >= 11 is 0. The summed E-state index contributed by atoms with van der Waals surface area (Å²) in [5, 5.41) is 10.8. The quantitative estimate of drug-likeness (QED) is 0.593. The number of nitrogens with zero attached hydrogens (tertiary/aromatic N) is 3. The van der Waals surface area contributed by atoms with Crippen molar-refractivity contribution in [2.45, 2.75) is 45.4 Å². The minimum absolute atomic E-state index is 0.0627. The van der Waals surface area contributed by atoms with Crippen LogP contribution in [0.25, 0.3) is 0 Å². The first-order valence-corrected chi connectivity index (χ1v) is 11.9. The van der Waals surface area contributed by atoms with Gasteiger partial charge in [-0.3, -0.25) is 14.3 Å². The SMILES string of the molecule is CC1=C(C(=O)Nc2ncccc2C)[C@@H](c2cnn(C)c2C)C2=C(C[C@H](c3ccccc3)CC2=O)N1. The number of carbonyl (C=O) groups is 2. The van der Waals surface area contributed by atoms with E-state index in [2.05, 4.69) is 32.8 Å². The lowest BCUT2D eigenvalue weighted by atomic mass is 9.71. The van der Waals surface area contributed by atoms with E-state index in [4.69, 9.17) is 0 Å². The molecule has 0 fully saturated rings. The molecule has 2 atom stereocenters. The number of nitrogens with one attached hydrogen (secondary N) is 2. The molecule has 0 unspecified atom stereocenters. The van der Waals surface area contributed by atoms with E-state index >= 15 is 0 Å². The summed E-state index contributed by atoms with van der Waals surface area (Å²) in [6.45, 7) is 5.78. The zero-order chi connectivity index (χ0) is 24.7. The van der Waals surface area contributed by atoms with Crippen LogP contribution in [0.3, 0.4) is 0 Å². The highest BCUT2D eigenvalue weighted by Crippen LogP contribution is 2.46. The number of anilines is 1. The van der Waals surface area contributed by atoms with Crippen LogP contribution >= 0.6 is 0 Å². The lowest BCUT2D eigenvalue weighted by Crippen LogP contribution is -2.37. The summed E-state index contributed by atoms with van der Waals surface area (Å²) in [4.78, 5) is 31.7. The number of hydrogen-bond acceptors (Lipinski definition) is 5. The number of aromatic nitrogens is 3. The van der Waals surface area contributed by atoms with Gasteiger partial charge < -0.3 is 10.6 Å². The lowest BCUT2D eigenvalue weighted by Gasteiger charge is -2.36. The molecule has 5 rings (SSSR count). The van der Waals surface area contributed by atoms with Gasteiger partial charge >= 0.3 is 0 Å². The number of dihydropyridines is 1. The Bertz CT molecular complexity index is 1380. The molecule has 3 heterocycles. The van der Waals surface area contributed by atoms with Crippen LogP contribution in [0.5, 0.6) is 0 Å². The summed E-state index contributed by atoms with van der Waals surface area (Å²) in [7, 11) is 1.87. The van der Waals surface area contributed by atoms with Gasteiger partial charge in [0.15, 0.2) is 5.78 Å². The standard InChI is InChI=1S/C28H29N5O2/c1-16-9-8-12-29-27(16)32-28(35)24-17(2)31-22-13-20(19-10-6-5-7-11-19)14-23(34)26(22)25(24)21-15-30-33(4)18(21)3/h5-12,15,20,25,31H,13-14H2,1-4H3,(H,29,32,35)/t20-,25+/m0/s1. The maximum atomic E-state index is 13.7. The number of hydrogen-bond donors (Lipinski definition) is 2. The molecule has 0 radical (unpaired) electrons.